The molecule has 0 heterocycles. The van der Waals surface area contributed by atoms with Crippen molar-refractivity contribution in [1.29, 1.82) is 0 Å². The topological polar surface area (TPSA) is 46.5 Å². The lowest BCUT2D eigenvalue weighted by molar-refractivity contribution is 0.0747. The number of carbonyl (C=O) groups is 1. The molecule has 0 radical (unpaired) electrons. The maximum Gasteiger partial charge on any atom is 0.195 e. The highest BCUT2D eigenvalue weighted by Gasteiger charge is 2.21. The van der Waals surface area contributed by atoms with Crippen molar-refractivity contribution >= 4 is 29.0 Å². The third-order valence-corrected chi connectivity index (χ3v) is 3.44. The van der Waals surface area contributed by atoms with E-state index in [2.05, 4.69) is 0 Å². The minimum atomic E-state index is -1.33. The molecule has 3 nitrogen and oxygen atoms in total. The van der Waals surface area contributed by atoms with Crippen LogP contribution >= 0.6 is 23.2 Å². The van der Waals surface area contributed by atoms with Gasteiger partial charge < -0.3 is 9.84 Å². The fourth-order valence-electron chi connectivity index (χ4n) is 1.78. The SMILES string of the molecule is COc1ccc(C(=O)C(O)c2ccc(Cl)cc2Cl)cc1. The highest BCUT2D eigenvalue weighted by molar-refractivity contribution is 6.35. The number of aliphatic hydroxyl groups excluding tert-OH is 1. The molecule has 0 saturated heterocycles. The molecular formula is C15H12Cl2O3. The number of ketones is 1. The maximum atomic E-state index is 12.2. The largest absolute Gasteiger partial charge is 0.497 e. The normalized spacial score (nSPS) is 12.0. The molecule has 0 aromatic heterocycles. The average Bonchev–Trinajstić information content (AvgIpc) is 2.46. The number of ether oxygens (including phenoxy) is 1. The number of aliphatic hydroxyl groups is 1. The molecule has 0 spiro atoms. The summed E-state index contributed by atoms with van der Waals surface area (Å²) in [5, 5.41) is 10.8. The van der Waals surface area contributed by atoms with Gasteiger partial charge in [-0.3, -0.25) is 4.79 Å². The van der Waals surface area contributed by atoms with Crippen LogP contribution in [0.4, 0.5) is 0 Å². The van der Waals surface area contributed by atoms with Crippen LogP contribution in [-0.2, 0) is 0 Å². The first kappa shape index (κ1) is 14.9. The number of hydrogen-bond acceptors (Lipinski definition) is 3. The Morgan fingerprint density at radius 3 is 2.35 bits per heavy atom. The van der Waals surface area contributed by atoms with Crippen molar-refractivity contribution in [2.45, 2.75) is 6.10 Å². The Morgan fingerprint density at radius 2 is 1.80 bits per heavy atom. The number of halogens is 2. The lowest BCUT2D eigenvalue weighted by atomic mass is 10.00. The summed E-state index contributed by atoms with van der Waals surface area (Å²) in [7, 11) is 1.54. The average molecular weight is 311 g/mol. The Labute approximate surface area is 126 Å². The van der Waals surface area contributed by atoms with Crippen molar-refractivity contribution in [2.75, 3.05) is 7.11 Å². The monoisotopic (exact) mass is 310 g/mol. The van der Waals surface area contributed by atoms with Crippen LogP contribution in [0.5, 0.6) is 5.75 Å². The zero-order chi connectivity index (χ0) is 14.7. The number of Topliss-reactive ketones (excluding diaryl/α,β-unsaturated/α-hetero) is 1. The molecule has 0 amide bonds. The fourth-order valence-corrected chi connectivity index (χ4v) is 2.29. The first-order valence-corrected chi connectivity index (χ1v) is 6.60. The Morgan fingerprint density at radius 1 is 1.15 bits per heavy atom. The lowest BCUT2D eigenvalue weighted by Crippen LogP contribution is -2.12. The summed E-state index contributed by atoms with van der Waals surface area (Å²) in [5.41, 5.74) is 0.709. The van der Waals surface area contributed by atoms with Gasteiger partial charge in [0.2, 0.25) is 0 Å². The molecule has 0 aliphatic heterocycles. The maximum absolute atomic E-state index is 12.2. The van der Waals surface area contributed by atoms with Gasteiger partial charge in [-0.15, -0.1) is 0 Å². The molecular weight excluding hydrogens is 299 g/mol. The van der Waals surface area contributed by atoms with Gasteiger partial charge in [0.05, 0.1) is 7.11 Å². The summed E-state index contributed by atoms with van der Waals surface area (Å²) >= 11 is 11.8. The molecule has 0 saturated carbocycles. The van der Waals surface area contributed by atoms with Gasteiger partial charge in [-0.05, 0) is 36.4 Å². The second-order valence-corrected chi connectivity index (χ2v) is 5.00. The molecule has 2 aromatic rings. The Kier molecular flexibility index (Phi) is 4.65. The van der Waals surface area contributed by atoms with Gasteiger partial charge >= 0.3 is 0 Å². The first-order chi connectivity index (χ1) is 9.52. The molecule has 5 heteroatoms. The summed E-state index contributed by atoms with van der Waals surface area (Å²) in [4.78, 5) is 12.2. The minimum absolute atomic E-state index is 0.256. The van der Waals surface area contributed by atoms with Gasteiger partial charge in [0.1, 0.15) is 11.9 Å². The molecule has 0 fully saturated rings. The molecule has 20 heavy (non-hydrogen) atoms. The van der Waals surface area contributed by atoms with E-state index in [0.29, 0.717) is 21.9 Å². The van der Waals surface area contributed by atoms with Gasteiger partial charge in [0, 0.05) is 21.2 Å². The van der Waals surface area contributed by atoms with Crippen LogP contribution < -0.4 is 4.74 Å². The second kappa shape index (κ2) is 6.27. The smallest absolute Gasteiger partial charge is 0.195 e. The Bertz CT molecular complexity index is 624. The first-order valence-electron chi connectivity index (χ1n) is 5.84. The number of benzene rings is 2. The van der Waals surface area contributed by atoms with Crippen LogP contribution in [0.25, 0.3) is 0 Å². The van der Waals surface area contributed by atoms with Crippen molar-refractivity contribution in [3.8, 4) is 5.75 Å². The van der Waals surface area contributed by atoms with Crippen LogP contribution in [0, 0.1) is 0 Å². The van der Waals surface area contributed by atoms with E-state index in [1.807, 2.05) is 0 Å². The van der Waals surface area contributed by atoms with E-state index in [9.17, 15) is 9.90 Å². The van der Waals surface area contributed by atoms with Crippen molar-refractivity contribution in [2.24, 2.45) is 0 Å². The quantitative estimate of drug-likeness (QED) is 0.871. The predicted molar refractivity (Wildman–Crippen MR) is 78.7 cm³/mol. The highest BCUT2D eigenvalue weighted by Crippen LogP contribution is 2.28. The number of rotatable bonds is 4. The third-order valence-electron chi connectivity index (χ3n) is 2.88. The lowest BCUT2D eigenvalue weighted by Gasteiger charge is -2.12. The van der Waals surface area contributed by atoms with E-state index >= 15 is 0 Å². The van der Waals surface area contributed by atoms with E-state index in [1.165, 1.54) is 12.1 Å². The van der Waals surface area contributed by atoms with E-state index in [-0.39, 0.29) is 5.02 Å². The van der Waals surface area contributed by atoms with E-state index < -0.39 is 11.9 Å². The molecule has 2 rings (SSSR count). The fraction of sp³-hybridized carbons (Fsp3) is 0.133. The standard InChI is InChI=1S/C15H12Cl2O3/c1-20-11-5-2-9(3-6-11)14(18)15(19)12-7-4-10(16)8-13(12)17/h2-8,15,19H,1H3. The summed E-state index contributed by atoms with van der Waals surface area (Å²) in [6.07, 6.45) is -1.33. The number of methoxy groups -OCH3 is 1. The molecule has 2 aromatic carbocycles. The molecule has 104 valence electrons. The summed E-state index contributed by atoms with van der Waals surface area (Å²) in [5.74, 6) is 0.206. The van der Waals surface area contributed by atoms with Gasteiger partial charge in [-0.1, -0.05) is 29.3 Å². The molecule has 1 unspecified atom stereocenters. The van der Waals surface area contributed by atoms with Gasteiger partial charge in [-0.2, -0.15) is 0 Å². The zero-order valence-electron chi connectivity index (χ0n) is 10.6. The van der Waals surface area contributed by atoms with Crippen LogP contribution in [0.3, 0.4) is 0 Å². The van der Waals surface area contributed by atoms with Crippen molar-refractivity contribution in [3.63, 3.8) is 0 Å². The number of hydrogen-bond donors (Lipinski definition) is 1. The van der Waals surface area contributed by atoms with Crippen LogP contribution in [0.2, 0.25) is 10.0 Å². The molecule has 1 atom stereocenters. The number of carbonyl (C=O) groups excluding carboxylic acids is 1. The third kappa shape index (κ3) is 3.12. The van der Waals surface area contributed by atoms with Crippen molar-refractivity contribution < 1.29 is 14.6 Å². The van der Waals surface area contributed by atoms with Gasteiger partial charge in [-0.25, -0.2) is 0 Å². The van der Waals surface area contributed by atoms with Crippen LogP contribution in [0.1, 0.15) is 22.0 Å². The summed E-state index contributed by atoms with van der Waals surface area (Å²) in [6.45, 7) is 0. The highest BCUT2D eigenvalue weighted by atomic mass is 35.5. The molecule has 1 N–H and O–H groups in total. The minimum Gasteiger partial charge on any atom is -0.497 e. The second-order valence-electron chi connectivity index (χ2n) is 4.16. The van der Waals surface area contributed by atoms with Crippen molar-refractivity contribution in [3.05, 3.63) is 63.6 Å². The Hall–Kier alpha value is -1.55. The van der Waals surface area contributed by atoms with E-state index in [0.717, 1.165) is 0 Å². The van der Waals surface area contributed by atoms with Gasteiger partial charge in [0.15, 0.2) is 5.78 Å². The molecule has 0 bridgehead atoms. The van der Waals surface area contributed by atoms with Gasteiger partial charge in [0.25, 0.3) is 0 Å². The summed E-state index contributed by atoms with van der Waals surface area (Å²) < 4.78 is 5.02. The van der Waals surface area contributed by atoms with Crippen LogP contribution in [0.15, 0.2) is 42.5 Å². The van der Waals surface area contributed by atoms with Crippen molar-refractivity contribution in [1.82, 2.24) is 0 Å². The van der Waals surface area contributed by atoms with E-state index in [4.69, 9.17) is 27.9 Å². The zero-order valence-corrected chi connectivity index (χ0v) is 12.2. The van der Waals surface area contributed by atoms with E-state index in [1.54, 1.807) is 37.4 Å². The molecule has 0 aliphatic carbocycles. The Balaban J connectivity index is 2.27. The molecule has 0 aliphatic rings. The van der Waals surface area contributed by atoms with Crippen LogP contribution in [-0.4, -0.2) is 18.0 Å². The predicted octanol–water partition coefficient (Wildman–Crippen LogP) is 3.92. The summed E-state index contributed by atoms with van der Waals surface area (Å²) in [6, 6.07) is 11.1.